The second kappa shape index (κ2) is 5.97. The van der Waals surface area contributed by atoms with Crippen molar-refractivity contribution in [3.8, 4) is 5.75 Å². The van der Waals surface area contributed by atoms with Crippen molar-refractivity contribution >= 4 is 14.3 Å². The van der Waals surface area contributed by atoms with E-state index in [1.165, 1.54) is 0 Å². The molecule has 1 aromatic carbocycles. The molecule has 3 N–H and O–H groups in total. The largest absolute Gasteiger partial charge is 0.543 e. The van der Waals surface area contributed by atoms with Crippen molar-refractivity contribution in [1.82, 2.24) is 0 Å². The third-order valence-corrected chi connectivity index (χ3v) is 8.21. The monoisotopic (exact) mass is 295 g/mol. The van der Waals surface area contributed by atoms with Crippen molar-refractivity contribution in [1.29, 1.82) is 0 Å². The smallest absolute Gasteiger partial charge is 0.320 e. The average Bonchev–Trinajstić information content (AvgIpc) is 2.26. The second-order valence-corrected chi connectivity index (χ2v) is 11.4. The van der Waals surface area contributed by atoms with Crippen molar-refractivity contribution in [3.63, 3.8) is 0 Å². The Morgan fingerprint density at radius 2 is 2.00 bits per heavy atom. The van der Waals surface area contributed by atoms with E-state index < -0.39 is 20.3 Å². The predicted octanol–water partition coefficient (Wildman–Crippen LogP) is 3.02. The van der Waals surface area contributed by atoms with Gasteiger partial charge in [0.2, 0.25) is 8.32 Å². The Bertz CT molecular complexity index is 480. The van der Waals surface area contributed by atoms with Crippen LogP contribution in [-0.4, -0.2) is 25.4 Å². The first-order valence-electron chi connectivity index (χ1n) is 6.79. The highest BCUT2D eigenvalue weighted by Gasteiger charge is 2.38. The lowest BCUT2D eigenvalue weighted by atomic mass is 10.1. The molecular weight excluding hydrogens is 270 g/mol. The number of aliphatic carboxylic acids is 1. The van der Waals surface area contributed by atoms with Crippen molar-refractivity contribution in [2.75, 3.05) is 0 Å². The van der Waals surface area contributed by atoms with E-state index in [4.69, 9.17) is 15.3 Å². The van der Waals surface area contributed by atoms with Crippen LogP contribution in [0.4, 0.5) is 0 Å². The van der Waals surface area contributed by atoms with E-state index in [0.29, 0.717) is 6.42 Å². The van der Waals surface area contributed by atoms with Gasteiger partial charge in [0.25, 0.3) is 0 Å². The molecule has 0 bridgehead atoms. The van der Waals surface area contributed by atoms with E-state index in [9.17, 15) is 4.79 Å². The summed E-state index contributed by atoms with van der Waals surface area (Å²) in [6.45, 7) is 10.9. The van der Waals surface area contributed by atoms with E-state index in [1.54, 1.807) is 0 Å². The topological polar surface area (TPSA) is 72.5 Å². The number of benzene rings is 1. The third kappa shape index (κ3) is 4.35. The molecule has 1 rings (SSSR count). The lowest BCUT2D eigenvalue weighted by molar-refractivity contribution is -0.138. The minimum absolute atomic E-state index is 0.125. The summed E-state index contributed by atoms with van der Waals surface area (Å²) in [7, 11) is -1.88. The number of carboxylic acids is 1. The zero-order valence-corrected chi connectivity index (χ0v) is 13.9. The minimum Gasteiger partial charge on any atom is -0.543 e. The first kappa shape index (κ1) is 16.7. The summed E-state index contributed by atoms with van der Waals surface area (Å²) >= 11 is 0. The van der Waals surface area contributed by atoms with Crippen LogP contribution in [0, 0.1) is 0 Å². The van der Waals surface area contributed by atoms with E-state index >= 15 is 0 Å². The lowest BCUT2D eigenvalue weighted by Crippen LogP contribution is -2.43. The molecular formula is C15H25NO3Si. The van der Waals surface area contributed by atoms with Crippen LogP contribution in [0.5, 0.6) is 5.75 Å². The number of carboxylic acid groups (broad SMARTS) is 1. The molecule has 0 aliphatic carbocycles. The van der Waals surface area contributed by atoms with Gasteiger partial charge < -0.3 is 15.3 Å². The maximum atomic E-state index is 10.8. The van der Waals surface area contributed by atoms with Gasteiger partial charge in [-0.25, -0.2) is 0 Å². The molecule has 0 fully saturated rings. The third-order valence-electron chi connectivity index (χ3n) is 3.85. The van der Waals surface area contributed by atoms with Gasteiger partial charge in [-0.2, -0.15) is 0 Å². The first-order valence-corrected chi connectivity index (χ1v) is 9.70. The van der Waals surface area contributed by atoms with Gasteiger partial charge in [-0.3, -0.25) is 4.79 Å². The molecule has 0 heterocycles. The van der Waals surface area contributed by atoms with Crippen LogP contribution in [0.15, 0.2) is 24.3 Å². The van der Waals surface area contributed by atoms with Gasteiger partial charge in [0.1, 0.15) is 11.8 Å². The highest BCUT2D eigenvalue weighted by atomic mass is 28.4. The Morgan fingerprint density at radius 3 is 2.50 bits per heavy atom. The van der Waals surface area contributed by atoms with Crippen molar-refractivity contribution in [2.24, 2.45) is 5.73 Å². The number of hydrogen-bond donors (Lipinski definition) is 2. The zero-order valence-electron chi connectivity index (χ0n) is 12.9. The number of rotatable bonds is 5. The molecule has 0 aliphatic rings. The number of nitrogens with two attached hydrogens (primary N) is 1. The molecule has 0 saturated carbocycles. The first-order chi connectivity index (χ1) is 9.03. The molecule has 0 saturated heterocycles. The van der Waals surface area contributed by atoms with Crippen LogP contribution in [-0.2, 0) is 11.2 Å². The van der Waals surface area contributed by atoms with Gasteiger partial charge in [0.05, 0.1) is 0 Å². The van der Waals surface area contributed by atoms with E-state index in [1.807, 2.05) is 24.3 Å². The predicted molar refractivity (Wildman–Crippen MR) is 83.6 cm³/mol. The maximum Gasteiger partial charge on any atom is 0.320 e. The van der Waals surface area contributed by atoms with Gasteiger partial charge in [-0.15, -0.1) is 0 Å². The molecule has 5 heteroatoms. The molecule has 20 heavy (non-hydrogen) atoms. The fourth-order valence-electron chi connectivity index (χ4n) is 1.52. The van der Waals surface area contributed by atoms with Gasteiger partial charge >= 0.3 is 5.97 Å². The maximum absolute atomic E-state index is 10.8. The quantitative estimate of drug-likeness (QED) is 0.819. The van der Waals surface area contributed by atoms with Crippen molar-refractivity contribution in [3.05, 3.63) is 29.8 Å². The highest BCUT2D eigenvalue weighted by Crippen LogP contribution is 2.37. The molecule has 0 aliphatic heterocycles. The Kier molecular flexibility index (Phi) is 4.99. The summed E-state index contributed by atoms with van der Waals surface area (Å²) in [5.74, 6) is -0.188. The number of hydrogen-bond acceptors (Lipinski definition) is 3. The zero-order chi connectivity index (χ0) is 15.6. The molecule has 0 spiro atoms. The van der Waals surface area contributed by atoms with Crippen LogP contribution in [0.2, 0.25) is 18.1 Å². The van der Waals surface area contributed by atoms with Crippen LogP contribution in [0.3, 0.4) is 0 Å². The molecule has 0 radical (unpaired) electrons. The summed E-state index contributed by atoms with van der Waals surface area (Å²) < 4.78 is 6.20. The Balaban J connectivity index is 2.86. The van der Waals surface area contributed by atoms with E-state index in [-0.39, 0.29) is 5.04 Å². The fourth-order valence-corrected chi connectivity index (χ4v) is 2.55. The molecule has 1 aromatic rings. The van der Waals surface area contributed by atoms with Gasteiger partial charge in [0.15, 0.2) is 0 Å². The molecule has 0 aromatic heterocycles. The Labute approximate surface area is 122 Å². The van der Waals surface area contributed by atoms with Crippen molar-refractivity contribution < 1.29 is 14.3 Å². The highest BCUT2D eigenvalue weighted by molar-refractivity contribution is 6.74. The summed E-state index contributed by atoms with van der Waals surface area (Å²) in [5, 5.41) is 8.98. The SMILES string of the molecule is CC(C)(C)[Si](C)(C)Oc1cccc(CC(N)C(=O)O)c1. The summed E-state index contributed by atoms with van der Waals surface area (Å²) in [6, 6.07) is 6.69. The molecule has 1 atom stereocenters. The van der Waals surface area contributed by atoms with Gasteiger partial charge in [-0.05, 0) is 42.2 Å². The normalized spacial score (nSPS) is 13.9. The van der Waals surface area contributed by atoms with Crippen LogP contribution in [0.25, 0.3) is 0 Å². The molecule has 1 unspecified atom stereocenters. The molecule has 4 nitrogen and oxygen atoms in total. The summed E-state index contributed by atoms with van der Waals surface area (Å²) in [4.78, 5) is 10.8. The van der Waals surface area contributed by atoms with E-state index in [0.717, 1.165) is 11.3 Å². The van der Waals surface area contributed by atoms with Gasteiger partial charge in [0, 0.05) is 0 Å². The van der Waals surface area contributed by atoms with E-state index in [2.05, 4.69) is 33.9 Å². The minimum atomic E-state index is -1.88. The van der Waals surface area contributed by atoms with Gasteiger partial charge in [-0.1, -0.05) is 32.9 Å². The summed E-state index contributed by atoms with van der Waals surface area (Å²) in [5.41, 5.74) is 6.45. The number of carbonyl (C=O) groups is 1. The molecule has 112 valence electrons. The second-order valence-electron chi connectivity index (χ2n) is 6.66. The van der Waals surface area contributed by atoms with Crippen LogP contribution < -0.4 is 10.2 Å². The van der Waals surface area contributed by atoms with Crippen molar-refractivity contribution in [2.45, 2.75) is 51.4 Å². The van der Waals surface area contributed by atoms with Crippen LogP contribution >= 0.6 is 0 Å². The fraction of sp³-hybridized carbons (Fsp3) is 0.533. The Hall–Kier alpha value is -1.33. The average molecular weight is 295 g/mol. The lowest BCUT2D eigenvalue weighted by Gasteiger charge is -2.36. The Morgan fingerprint density at radius 1 is 1.40 bits per heavy atom. The standard InChI is InChI=1S/C15H25NO3Si/c1-15(2,3)20(4,5)19-12-8-6-7-11(9-12)10-13(16)14(17)18/h6-9,13H,10,16H2,1-5H3,(H,17,18). The summed E-state index contributed by atoms with van der Waals surface area (Å²) in [6.07, 6.45) is 0.310. The van der Waals surface area contributed by atoms with Crippen LogP contribution in [0.1, 0.15) is 26.3 Å². The molecule has 0 amide bonds.